The smallest absolute Gasteiger partial charge is 0.0332 e. The molecule has 1 aliphatic heterocycles. The Balaban J connectivity index is 2.03. The fraction of sp³-hybridized carbons (Fsp3) is 0.600. The molecule has 2 heterocycles. The van der Waals surface area contributed by atoms with Gasteiger partial charge in [-0.2, -0.15) is 11.3 Å². The molecule has 0 radical (unpaired) electrons. The lowest BCUT2D eigenvalue weighted by Crippen LogP contribution is -2.46. The number of rotatable bonds is 1. The van der Waals surface area contributed by atoms with Crippen LogP contribution in [0.4, 0.5) is 0 Å². The summed E-state index contributed by atoms with van der Waals surface area (Å²) in [5.74, 6) is 0.631. The minimum Gasteiger partial charge on any atom is -0.326 e. The predicted molar refractivity (Wildman–Crippen MR) is 56.8 cm³/mol. The van der Waals surface area contributed by atoms with Crippen molar-refractivity contribution in [3.63, 3.8) is 0 Å². The van der Waals surface area contributed by atoms with Crippen LogP contribution >= 0.6 is 11.3 Å². The fourth-order valence-electron chi connectivity index (χ4n) is 1.84. The maximum absolute atomic E-state index is 5.93. The van der Waals surface area contributed by atoms with Crippen molar-refractivity contribution >= 4 is 11.3 Å². The summed E-state index contributed by atoms with van der Waals surface area (Å²) in [7, 11) is 0. The molecule has 2 rings (SSSR count). The van der Waals surface area contributed by atoms with E-state index in [0.29, 0.717) is 18.0 Å². The fourth-order valence-corrected chi connectivity index (χ4v) is 2.55. The van der Waals surface area contributed by atoms with Gasteiger partial charge in [0.05, 0.1) is 0 Å². The summed E-state index contributed by atoms with van der Waals surface area (Å²) in [6.07, 6.45) is 1.16. The van der Waals surface area contributed by atoms with Crippen LogP contribution in [0.5, 0.6) is 0 Å². The van der Waals surface area contributed by atoms with E-state index < -0.39 is 0 Å². The number of piperidine rings is 1. The van der Waals surface area contributed by atoms with Crippen molar-refractivity contribution in [3.05, 3.63) is 22.4 Å². The number of nitrogens with one attached hydrogen (secondary N) is 1. The zero-order valence-corrected chi connectivity index (χ0v) is 8.68. The zero-order valence-electron chi connectivity index (χ0n) is 7.86. The molecule has 3 heteroatoms. The average Bonchev–Trinajstić information content (AvgIpc) is 2.62. The largest absolute Gasteiger partial charge is 0.326 e. The Morgan fingerprint density at radius 2 is 2.46 bits per heavy atom. The third kappa shape index (κ3) is 1.93. The number of hydrogen-bond acceptors (Lipinski definition) is 3. The van der Waals surface area contributed by atoms with Crippen LogP contribution in [-0.2, 0) is 0 Å². The highest BCUT2D eigenvalue weighted by molar-refractivity contribution is 7.07. The van der Waals surface area contributed by atoms with Gasteiger partial charge < -0.3 is 11.1 Å². The number of nitrogens with two attached hydrogens (primary N) is 1. The first-order valence-electron chi connectivity index (χ1n) is 4.78. The van der Waals surface area contributed by atoms with Crippen molar-refractivity contribution in [2.75, 3.05) is 6.54 Å². The minimum atomic E-state index is 0.329. The molecule has 72 valence electrons. The molecular formula is C10H16N2S. The van der Waals surface area contributed by atoms with Crippen molar-refractivity contribution < 1.29 is 0 Å². The number of thiophene rings is 1. The lowest BCUT2D eigenvalue weighted by Gasteiger charge is -2.32. The van der Waals surface area contributed by atoms with Crippen LogP contribution in [0.1, 0.15) is 24.9 Å². The van der Waals surface area contributed by atoms with Crippen molar-refractivity contribution in [1.29, 1.82) is 0 Å². The standard InChI is InChI=1S/C10H16N2S/c1-7-4-10(12-5-9(7)11)8-2-3-13-6-8/h2-3,6-7,9-10,12H,4-5,11H2,1H3. The maximum atomic E-state index is 5.93. The Morgan fingerprint density at radius 3 is 3.08 bits per heavy atom. The van der Waals surface area contributed by atoms with Gasteiger partial charge in [0.15, 0.2) is 0 Å². The monoisotopic (exact) mass is 196 g/mol. The molecule has 1 fully saturated rings. The second kappa shape index (κ2) is 3.78. The van der Waals surface area contributed by atoms with Gasteiger partial charge >= 0.3 is 0 Å². The van der Waals surface area contributed by atoms with Gasteiger partial charge in [0.1, 0.15) is 0 Å². The van der Waals surface area contributed by atoms with Crippen molar-refractivity contribution in [2.45, 2.75) is 25.4 Å². The van der Waals surface area contributed by atoms with Crippen LogP contribution in [0.2, 0.25) is 0 Å². The molecular weight excluding hydrogens is 180 g/mol. The molecule has 0 bridgehead atoms. The summed E-state index contributed by atoms with van der Waals surface area (Å²) in [5, 5.41) is 7.84. The molecule has 1 saturated heterocycles. The number of hydrogen-bond donors (Lipinski definition) is 2. The average molecular weight is 196 g/mol. The Morgan fingerprint density at radius 1 is 1.62 bits per heavy atom. The Kier molecular flexibility index (Phi) is 2.67. The van der Waals surface area contributed by atoms with E-state index in [4.69, 9.17) is 5.73 Å². The molecule has 2 nitrogen and oxygen atoms in total. The van der Waals surface area contributed by atoms with Gasteiger partial charge in [-0.3, -0.25) is 0 Å². The van der Waals surface area contributed by atoms with Crippen LogP contribution in [0.15, 0.2) is 16.8 Å². The molecule has 13 heavy (non-hydrogen) atoms. The highest BCUT2D eigenvalue weighted by atomic mass is 32.1. The Bertz CT molecular complexity index is 258. The van der Waals surface area contributed by atoms with Crippen molar-refractivity contribution in [1.82, 2.24) is 5.32 Å². The van der Waals surface area contributed by atoms with E-state index in [0.717, 1.165) is 13.0 Å². The first kappa shape index (κ1) is 9.19. The molecule has 3 atom stereocenters. The maximum Gasteiger partial charge on any atom is 0.0332 e. The normalized spacial score (nSPS) is 34.8. The van der Waals surface area contributed by atoms with Gasteiger partial charge in [-0.05, 0) is 34.7 Å². The molecule has 0 aliphatic carbocycles. The summed E-state index contributed by atoms with van der Waals surface area (Å²) in [6, 6.07) is 3.06. The van der Waals surface area contributed by atoms with Gasteiger partial charge in [-0.25, -0.2) is 0 Å². The van der Waals surface area contributed by atoms with Crippen LogP contribution in [0.25, 0.3) is 0 Å². The molecule has 3 unspecified atom stereocenters. The SMILES string of the molecule is CC1CC(c2ccsc2)NCC1N. The lowest BCUT2D eigenvalue weighted by molar-refractivity contribution is 0.286. The first-order chi connectivity index (χ1) is 6.27. The third-order valence-electron chi connectivity index (χ3n) is 2.88. The second-order valence-corrected chi connectivity index (χ2v) is 4.67. The highest BCUT2D eigenvalue weighted by Gasteiger charge is 2.25. The van der Waals surface area contributed by atoms with Crippen LogP contribution in [-0.4, -0.2) is 12.6 Å². The summed E-state index contributed by atoms with van der Waals surface area (Å²) < 4.78 is 0. The zero-order chi connectivity index (χ0) is 9.26. The molecule has 1 aromatic heterocycles. The molecule has 0 saturated carbocycles. The van der Waals surface area contributed by atoms with Gasteiger partial charge in [0.25, 0.3) is 0 Å². The van der Waals surface area contributed by atoms with Gasteiger partial charge in [-0.1, -0.05) is 6.92 Å². The van der Waals surface area contributed by atoms with Gasteiger partial charge in [-0.15, -0.1) is 0 Å². The van der Waals surface area contributed by atoms with Crippen LogP contribution in [0, 0.1) is 5.92 Å². The first-order valence-corrected chi connectivity index (χ1v) is 5.72. The van der Waals surface area contributed by atoms with Crippen molar-refractivity contribution in [2.24, 2.45) is 11.7 Å². The molecule has 1 aromatic rings. The second-order valence-electron chi connectivity index (χ2n) is 3.89. The lowest BCUT2D eigenvalue weighted by atomic mass is 9.88. The predicted octanol–water partition coefficient (Wildman–Crippen LogP) is 1.75. The van der Waals surface area contributed by atoms with Crippen LogP contribution in [0.3, 0.4) is 0 Å². The molecule has 3 N–H and O–H groups in total. The Hall–Kier alpha value is -0.380. The molecule has 1 aliphatic rings. The van der Waals surface area contributed by atoms with E-state index in [9.17, 15) is 0 Å². The van der Waals surface area contributed by atoms with E-state index in [1.54, 1.807) is 11.3 Å². The molecule has 0 spiro atoms. The Labute approximate surface area is 83.1 Å². The van der Waals surface area contributed by atoms with E-state index in [-0.39, 0.29) is 0 Å². The summed E-state index contributed by atoms with van der Waals surface area (Å²) in [6.45, 7) is 3.19. The van der Waals surface area contributed by atoms with Crippen LogP contribution < -0.4 is 11.1 Å². The van der Waals surface area contributed by atoms with E-state index in [1.165, 1.54) is 5.56 Å². The van der Waals surface area contributed by atoms with Gasteiger partial charge in [0.2, 0.25) is 0 Å². The summed E-state index contributed by atoms with van der Waals surface area (Å²) >= 11 is 1.76. The quantitative estimate of drug-likeness (QED) is 0.718. The highest BCUT2D eigenvalue weighted by Crippen LogP contribution is 2.27. The topological polar surface area (TPSA) is 38.0 Å². The molecule has 0 aromatic carbocycles. The van der Waals surface area contributed by atoms with Crippen molar-refractivity contribution in [3.8, 4) is 0 Å². The van der Waals surface area contributed by atoms with E-state index in [1.807, 2.05) is 0 Å². The van der Waals surface area contributed by atoms with Gasteiger partial charge in [0, 0.05) is 18.6 Å². The molecule has 0 amide bonds. The third-order valence-corrected chi connectivity index (χ3v) is 3.59. The summed E-state index contributed by atoms with van der Waals surface area (Å²) in [5.41, 5.74) is 7.35. The van der Waals surface area contributed by atoms with E-state index in [2.05, 4.69) is 29.1 Å². The minimum absolute atomic E-state index is 0.329. The summed E-state index contributed by atoms with van der Waals surface area (Å²) in [4.78, 5) is 0. The van der Waals surface area contributed by atoms with E-state index >= 15 is 0 Å².